The molecule has 108 valence electrons. The first-order valence-electron chi connectivity index (χ1n) is 7.23. The van der Waals surface area contributed by atoms with Crippen molar-refractivity contribution in [2.45, 2.75) is 63.7 Å². The smallest absolute Gasteiger partial charge is 0.0146 e. The molecule has 1 aromatic carbocycles. The van der Waals surface area contributed by atoms with E-state index in [1.54, 1.807) is 0 Å². The molecule has 0 aliphatic carbocycles. The molecule has 0 radical (unpaired) electrons. The highest BCUT2D eigenvalue weighted by Crippen LogP contribution is 2.65. The van der Waals surface area contributed by atoms with Gasteiger partial charge in [0, 0.05) is 0 Å². The van der Waals surface area contributed by atoms with Crippen LogP contribution in [0.3, 0.4) is 0 Å². The predicted octanol–water partition coefficient (Wildman–Crippen LogP) is 6.03. The van der Waals surface area contributed by atoms with Crippen LogP contribution in [0.15, 0.2) is 30.3 Å². The number of hydrogen-bond acceptors (Lipinski definition) is 0. The zero-order valence-electron chi connectivity index (χ0n) is 12.8. The molecular formula is C17H28BrP. The van der Waals surface area contributed by atoms with Crippen LogP contribution in [0, 0.1) is 0 Å². The Hall–Kier alpha value is 0.130. The van der Waals surface area contributed by atoms with E-state index in [4.69, 9.17) is 0 Å². The largest absolute Gasteiger partial charge is 0.114 e. The summed E-state index contributed by atoms with van der Waals surface area (Å²) in [5, 5.41) is 1.15. The van der Waals surface area contributed by atoms with E-state index in [9.17, 15) is 0 Å². The molecular weight excluding hydrogens is 315 g/mol. The van der Waals surface area contributed by atoms with Crippen LogP contribution in [0.2, 0.25) is 0 Å². The summed E-state index contributed by atoms with van der Waals surface area (Å²) >= 11 is 0. The third-order valence-corrected chi connectivity index (χ3v) is 8.55. The predicted molar refractivity (Wildman–Crippen MR) is 94.3 cm³/mol. The summed E-state index contributed by atoms with van der Waals surface area (Å²) in [5.41, 5.74) is 1.51. The van der Waals surface area contributed by atoms with E-state index in [-0.39, 0.29) is 24.9 Å². The lowest BCUT2D eigenvalue weighted by Gasteiger charge is -2.50. The second-order valence-electron chi connectivity index (χ2n) is 6.87. The number of halogens is 1. The van der Waals surface area contributed by atoms with Gasteiger partial charge in [-0.2, -0.15) is 0 Å². The average molecular weight is 343 g/mol. The maximum absolute atomic E-state index is 2.50. The van der Waals surface area contributed by atoms with Crippen LogP contribution in [-0.2, 0) is 6.42 Å². The Balaban J connectivity index is 0.00000180. The van der Waals surface area contributed by atoms with Crippen molar-refractivity contribution in [1.82, 2.24) is 0 Å². The fourth-order valence-electron chi connectivity index (χ4n) is 3.53. The third kappa shape index (κ3) is 4.30. The molecule has 0 bridgehead atoms. The second-order valence-corrected chi connectivity index (χ2v) is 10.6. The van der Waals surface area contributed by atoms with Crippen molar-refractivity contribution in [1.29, 1.82) is 0 Å². The summed E-state index contributed by atoms with van der Waals surface area (Å²) in [5.74, 6) is 0. The lowest BCUT2D eigenvalue weighted by atomic mass is 9.98. The van der Waals surface area contributed by atoms with Gasteiger partial charge in [0.25, 0.3) is 0 Å². The van der Waals surface area contributed by atoms with Gasteiger partial charge in [0.05, 0.1) is 0 Å². The molecule has 0 nitrogen and oxygen atoms in total. The summed E-state index contributed by atoms with van der Waals surface area (Å²) < 4.78 is 0. The van der Waals surface area contributed by atoms with E-state index in [1.165, 1.54) is 37.4 Å². The molecule has 1 aliphatic heterocycles. The zero-order chi connectivity index (χ0) is 13.2. The molecule has 1 saturated heterocycles. The SMILES string of the molecule is Br.CC1(C)CCCC(C)(C)P1CCc1ccccc1. The van der Waals surface area contributed by atoms with Gasteiger partial charge in [0.15, 0.2) is 0 Å². The van der Waals surface area contributed by atoms with Crippen LogP contribution in [0.4, 0.5) is 0 Å². The van der Waals surface area contributed by atoms with Crippen LogP contribution >= 0.6 is 24.9 Å². The van der Waals surface area contributed by atoms with Crippen molar-refractivity contribution < 1.29 is 0 Å². The van der Waals surface area contributed by atoms with Gasteiger partial charge < -0.3 is 0 Å². The maximum atomic E-state index is 2.50. The van der Waals surface area contributed by atoms with Crippen LogP contribution in [-0.4, -0.2) is 16.5 Å². The molecule has 0 spiro atoms. The van der Waals surface area contributed by atoms with Crippen molar-refractivity contribution >= 4 is 24.9 Å². The van der Waals surface area contributed by atoms with E-state index in [1.807, 2.05) is 0 Å². The fourth-order valence-corrected chi connectivity index (χ4v) is 7.72. The summed E-state index contributed by atoms with van der Waals surface area (Å²) in [6, 6.07) is 11.0. The van der Waals surface area contributed by atoms with Crippen LogP contribution in [0.1, 0.15) is 52.5 Å². The molecule has 0 saturated carbocycles. The lowest BCUT2D eigenvalue weighted by Crippen LogP contribution is -2.36. The van der Waals surface area contributed by atoms with Crippen LogP contribution in [0.5, 0.6) is 0 Å². The van der Waals surface area contributed by atoms with Gasteiger partial charge in [-0.15, -0.1) is 17.0 Å². The van der Waals surface area contributed by atoms with Crippen molar-refractivity contribution in [2.75, 3.05) is 6.16 Å². The standard InChI is InChI=1S/C17H27P.BrH/c1-16(2)12-8-13-17(3,4)18(16)14-11-15-9-6-5-7-10-15;/h5-7,9-10H,8,11-14H2,1-4H3;1H. The average Bonchev–Trinajstić information content (AvgIpc) is 2.28. The highest BCUT2D eigenvalue weighted by molar-refractivity contribution is 8.93. The van der Waals surface area contributed by atoms with Gasteiger partial charge in [0.2, 0.25) is 0 Å². The molecule has 19 heavy (non-hydrogen) atoms. The minimum Gasteiger partial charge on any atom is -0.114 e. The molecule has 0 N–H and O–H groups in total. The van der Waals surface area contributed by atoms with Crippen molar-refractivity contribution in [3.05, 3.63) is 35.9 Å². The molecule has 1 fully saturated rings. The molecule has 1 heterocycles. The topological polar surface area (TPSA) is 0 Å². The van der Waals surface area contributed by atoms with Gasteiger partial charge in [0.1, 0.15) is 0 Å². The molecule has 2 rings (SSSR count). The quantitative estimate of drug-likeness (QED) is 0.588. The number of hydrogen-bond donors (Lipinski definition) is 0. The summed E-state index contributed by atoms with van der Waals surface area (Å²) in [4.78, 5) is 0. The zero-order valence-corrected chi connectivity index (χ0v) is 15.4. The Labute approximate surface area is 130 Å². The Morgan fingerprint density at radius 3 is 2.00 bits per heavy atom. The Kier molecular flexibility index (Phi) is 6.08. The minimum atomic E-state index is 0. The van der Waals surface area contributed by atoms with Gasteiger partial charge in [-0.05, 0) is 41.3 Å². The van der Waals surface area contributed by atoms with E-state index < -0.39 is 0 Å². The maximum Gasteiger partial charge on any atom is -0.0146 e. The Morgan fingerprint density at radius 2 is 1.47 bits per heavy atom. The highest BCUT2D eigenvalue weighted by Gasteiger charge is 2.42. The lowest BCUT2D eigenvalue weighted by molar-refractivity contribution is 0.465. The highest BCUT2D eigenvalue weighted by atomic mass is 79.9. The monoisotopic (exact) mass is 342 g/mol. The van der Waals surface area contributed by atoms with Gasteiger partial charge in [-0.1, -0.05) is 72.4 Å². The molecule has 0 unspecified atom stereocenters. The van der Waals surface area contributed by atoms with Gasteiger partial charge >= 0.3 is 0 Å². The van der Waals surface area contributed by atoms with Crippen molar-refractivity contribution in [2.24, 2.45) is 0 Å². The summed E-state index contributed by atoms with van der Waals surface area (Å²) in [6.07, 6.45) is 6.94. The molecule has 0 amide bonds. The fraction of sp³-hybridized carbons (Fsp3) is 0.647. The normalized spacial score (nSPS) is 21.7. The van der Waals surface area contributed by atoms with Crippen LogP contribution < -0.4 is 0 Å². The van der Waals surface area contributed by atoms with Crippen LogP contribution in [0.25, 0.3) is 0 Å². The van der Waals surface area contributed by atoms with Gasteiger partial charge in [-0.3, -0.25) is 0 Å². The van der Waals surface area contributed by atoms with E-state index in [0.29, 0.717) is 10.3 Å². The Morgan fingerprint density at radius 1 is 0.947 bits per heavy atom. The van der Waals surface area contributed by atoms with Crippen molar-refractivity contribution in [3.63, 3.8) is 0 Å². The molecule has 2 heteroatoms. The first-order valence-corrected chi connectivity index (χ1v) is 8.76. The number of aryl methyl sites for hydroxylation is 1. The molecule has 0 atom stereocenters. The molecule has 0 aromatic heterocycles. The summed E-state index contributed by atoms with van der Waals surface area (Å²) in [7, 11) is 0.118. The second kappa shape index (κ2) is 6.72. The van der Waals surface area contributed by atoms with Crippen molar-refractivity contribution in [3.8, 4) is 0 Å². The first kappa shape index (κ1) is 17.2. The molecule has 1 aliphatic rings. The first-order chi connectivity index (χ1) is 8.42. The van der Waals surface area contributed by atoms with E-state index in [0.717, 1.165) is 0 Å². The number of benzene rings is 1. The third-order valence-electron chi connectivity index (χ3n) is 4.51. The number of rotatable bonds is 3. The Bertz CT molecular complexity index is 368. The van der Waals surface area contributed by atoms with Gasteiger partial charge in [-0.25, -0.2) is 0 Å². The summed E-state index contributed by atoms with van der Waals surface area (Å²) in [6.45, 7) is 10.0. The van der Waals surface area contributed by atoms with E-state index in [2.05, 4.69) is 58.0 Å². The minimum absolute atomic E-state index is 0. The molecule has 1 aromatic rings. The van der Waals surface area contributed by atoms with E-state index >= 15 is 0 Å².